The third kappa shape index (κ3) is 2.87. The Hall–Kier alpha value is -1.14. The molecule has 2 aliphatic heterocycles. The molecule has 4 rings (SSSR count). The molecular weight excluding hydrogens is 338 g/mol. The van der Waals surface area contributed by atoms with Crippen LogP contribution < -0.4 is 4.90 Å². The molecule has 2 heterocycles. The van der Waals surface area contributed by atoms with Crippen molar-refractivity contribution in [3.8, 4) is 0 Å². The van der Waals surface area contributed by atoms with Crippen LogP contribution in [0.5, 0.6) is 0 Å². The molecule has 1 saturated heterocycles. The number of benzene rings is 2. The van der Waals surface area contributed by atoms with Gasteiger partial charge in [-0.15, -0.1) is 4.90 Å². The molecule has 2 atom stereocenters. The number of para-hydroxylation sites is 1. The van der Waals surface area contributed by atoms with Crippen molar-refractivity contribution in [3.63, 3.8) is 0 Å². The number of aliphatic imine (C=N–C) groups is 1. The molecular formula is C18H19N2P2S-. The van der Waals surface area contributed by atoms with Crippen molar-refractivity contribution in [2.24, 2.45) is 10.9 Å². The second-order valence-corrected chi connectivity index (χ2v) is 11.8. The lowest BCUT2D eigenvalue weighted by Gasteiger charge is -2.33. The molecule has 1 fully saturated rings. The summed E-state index contributed by atoms with van der Waals surface area (Å²) in [5, 5.41) is 0. The molecule has 0 saturated carbocycles. The van der Waals surface area contributed by atoms with Crippen LogP contribution in [0, 0.1) is 5.92 Å². The van der Waals surface area contributed by atoms with Gasteiger partial charge in [0.15, 0.2) is 0 Å². The van der Waals surface area contributed by atoms with Gasteiger partial charge in [0.2, 0.25) is 0 Å². The fourth-order valence-electron chi connectivity index (χ4n) is 3.25. The molecule has 2 aromatic rings. The van der Waals surface area contributed by atoms with Crippen LogP contribution in [-0.4, -0.2) is 11.6 Å². The van der Waals surface area contributed by atoms with E-state index in [9.17, 15) is 0 Å². The van der Waals surface area contributed by atoms with Crippen molar-refractivity contribution < 1.29 is 0 Å². The first-order chi connectivity index (χ1) is 11.2. The first-order valence-electron chi connectivity index (χ1n) is 7.86. The Morgan fingerprint density at radius 2 is 1.87 bits per heavy atom. The quantitative estimate of drug-likeness (QED) is 0.521. The molecule has 0 amide bonds. The molecule has 0 N–H and O–H groups in total. The fraction of sp³-hybridized carbons (Fsp3) is 0.278. The molecule has 2 aromatic carbocycles. The lowest BCUT2D eigenvalue weighted by Crippen LogP contribution is -2.33. The molecule has 0 spiro atoms. The lowest BCUT2D eigenvalue weighted by atomic mass is 10.1. The average Bonchev–Trinajstić information content (AvgIpc) is 2.91. The number of fused-ring (bicyclic) bond motifs is 3. The summed E-state index contributed by atoms with van der Waals surface area (Å²) in [5.74, 6) is 2.37. The second-order valence-electron chi connectivity index (χ2n) is 6.03. The van der Waals surface area contributed by atoms with Gasteiger partial charge in [0, 0.05) is 12.1 Å². The summed E-state index contributed by atoms with van der Waals surface area (Å²) in [5.41, 5.74) is 2.70. The average molecular weight is 357 g/mol. The summed E-state index contributed by atoms with van der Waals surface area (Å²) >= 11 is 0. The molecule has 5 heteroatoms. The molecule has 0 bridgehead atoms. The highest BCUT2D eigenvalue weighted by Gasteiger charge is 2.36. The summed E-state index contributed by atoms with van der Waals surface area (Å²) in [4.78, 5) is 8.70. The first-order valence-corrected chi connectivity index (χ1v) is 11.9. The van der Waals surface area contributed by atoms with E-state index in [1.54, 1.807) is 0 Å². The molecule has 2 nitrogen and oxygen atoms in total. The molecule has 23 heavy (non-hydrogen) atoms. The van der Waals surface area contributed by atoms with E-state index in [0.717, 1.165) is 13.0 Å². The number of rotatable bonds is 2. The van der Waals surface area contributed by atoms with Crippen LogP contribution >= 0.6 is 15.4 Å². The van der Waals surface area contributed by atoms with Gasteiger partial charge < -0.3 is 14.2 Å². The maximum absolute atomic E-state index is 4.84. The zero-order chi connectivity index (χ0) is 15.8. The minimum absolute atomic E-state index is 0.0452. The third-order valence-corrected chi connectivity index (χ3v) is 9.87. The van der Waals surface area contributed by atoms with Crippen LogP contribution in [0.2, 0.25) is 0 Å². The SMILES string of the molecule is CC1CC2=NCc3ccccc3N2C1P=[S-](=P)c1ccccc1. The Balaban J connectivity index is 1.75. The van der Waals surface area contributed by atoms with Gasteiger partial charge in [0.1, 0.15) is 5.84 Å². The van der Waals surface area contributed by atoms with Gasteiger partial charge in [0.25, 0.3) is 0 Å². The van der Waals surface area contributed by atoms with Gasteiger partial charge in [0.05, 0.1) is 12.3 Å². The monoisotopic (exact) mass is 357 g/mol. The van der Waals surface area contributed by atoms with Crippen LogP contribution in [0.3, 0.4) is 0 Å². The second kappa shape index (κ2) is 6.40. The molecule has 118 valence electrons. The van der Waals surface area contributed by atoms with Crippen LogP contribution in [0.25, 0.3) is 0 Å². The first kappa shape index (κ1) is 15.4. The molecule has 0 aliphatic carbocycles. The Labute approximate surface area is 142 Å². The van der Waals surface area contributed by atoms with Crippen molar-refractivity contribution in [3.05, 3.63) is 60.2 Å². The Kier molecular flexibility index (Phi) is 4.28. The van der Waals surface area contributed by atoms with E-state index in [4.69, 9.17) is 4.99 Å². The van der Waals surface area contributed by atoms with Crippen LogP contribution in [0.15, 0.2) is 64.5 Å². The number of hydrogen-bond acceptors (Lipinski definition) is 3. The van der Waals surface area contributed by atoms with Crippen molar-refractivity contribution >= 4 is 36.1 Å². The normalized spacial score (nSPS) is 24.0. The zero-order valence-electron chi connectivity index (χ0n) is 13.0. The van der Waals surface area contributed by atoms with Gasteiger partial charge in [-0.2, -0.15) is 0 Å². The molecule has 0 aromatic heterocycles. The van der Waals surface area contributed by atoms with E-state index in [0.29, 0.717) is 11.7 Å². The minimum atomic E-state index is 0.0452. The summed E-state index contributed by atoms with van der Waals surface area (Å²) in [6.07, 6.45) is 1.09. The predicted molar refractivity (Wildman–Crippen MR) is 105 cm³/mol. The summed E-state index contributed by atoms with van der Waals surface area (Å²) < 4.78 is 0. The third-order valence-electron chi connectivity index (χ3n) is 4.42. The summed E-state index contributed by atoms with van der Waals surface area (Å²) in [6, 6.07) is 19.4. The van der Waals surface area contributed by atoms with E-state index in [-0.39, 0.29) is 9.25 Å². The van der Waals surface area contributed by atoms with Gasteiger partial charge in [-0.25, -0.2) is 7.36 Å². The Morgan fingerprint density at radius 1 is 1.13 bits per heavy atom. The van der Waals surface area contributed by atoms with Gasteiger partial charge in [-0.1, -0.05) is 55.5 Å². The topological polar surface area (TPSA) is 15.6 Å². The van der Waals surface area contributed by atoms with Crippen molar-refractivity contribution in [2.75, 3.05) is 4.90 Å². The van der Waals surface area contributed by atoms with E-state index in [1.165, 1.54) is 29.3 Å². The van der Waals surface area contributed by atoms with Gasteiger partial charge in [-0.3, -0.25) is 13.0 Å². The number of anilines is 1. The minimum Gasteiger partial charge on any atom is -0.395 e. The van der Waals surface area contributed by atoms with Crippen LogP contribution in [-0.2, 0) is 15.8 Å². The van der Waals surface area contributed by atoms with Gasteiger partial charge in [-0.05, 0) is 17.5 Å². The van der Waals surface area contributed by atoms with Gasteiger partial charge >= 0.3 is 0 Å². The zero-order valence-corrected chi connectivity index (χ0v) is 15.7. The highest BCUT2D eigenvalue weighted by atomic mass is 32.7. The predicted octanol–water partition coefficient (Wildman–Crippen LogP) is 5.37. The standard InChI is InChI=1S/C18H19N2P2S/c1-13-11-17-19-12-14-7-5-6-10-16(14)20(17)18(13)22-23(21)15-8-3-2-4-9-15/h2-10,13,18,21H,11-12H2,1H3/q-1. The molecule has 0 radical (unpaired) electrons. The van der Waals surface area contributed by atoms with E-state index < -0.39 is 0 Å². The van der Waals surface area contributed by atoms with E-state index in [2.05, 4.69) is 74.4 Å². The maximum atomic E-state index is 4.84. The number of amidine groups is 1. The lowest BCUT2D eigenvalue weighted by molar-refractivity contribution is 0.636. The highest BCUT2D eigenvalue weighted by Crippen LogP contribution is 2.42. The number of nitrogens with zero attached hydrogens (tertiary/aromatic N) is 2. The van der Waals surface area contributed by atoms with Crippen molar-refractivity contribution in [1.82, 2.24) is 0 Å². The van der Waals surface area contributed by atoms with Crippen molar-refractivity contribution in [1.29, 1.82) is 0 Å². The number of hydrogen-bond donors (Lipinski definition) is 0. The molecule has 2 aliphatic rings. The van der Waals surface area contributed by atoms with E-state index in [1.807, 2.05) is 0 Å². The van der Waals surface area contributed by atoms with Crippen molar-refractivity contribution in [2.45, 2.75) is 30.6 Å². The molecule has 2 unspecified atom stereocenters. The summed E-state index contributed by atoms with van der Waals surface area (Å²) in [6.45, 7) is 3.19. The van der Waals surface area contributed by atoms with Crippen LogP contribution in [0.4, 0.5) is 5.69 Å². The highest BCUT2D eigenvalue weighted by molar-refractivity contribution is 8.32. The summed E-state index contributed by atoms with van der Waals surface area (Å²) in [7, 11) is 5.45. The fourth-order valence-corrected chi connectivity index (χ4v) is 8.33. The smallest absolute Gasteiger partial charge is 0.105 e. The Morgan fingerprint density at radius 3 is 2.70 bits per heavy atom. The van der Waals surface area contributed by atoms with Crippen LogP contribution in [0.1, 0.15) is 18.9 Å². The Bertz CT molecular complexity index is 841. The maximum Gasteiger partial charge on any atom is 0.105 e. The van der Waals surface area contributed by atoms with E-state index >= 15 is 0 Å². The largest absolute Gasteiger partial charge is 0.395 e.